The van der Waals surface area contributed by atoms with Gasteiger partial charge in [0.05, 0.1) is 6.61 Å². The lowest BCUT2D eigenvalue weighted by Crippen LogP contribution is -2.30. The highest BCUT2D eigenvalue weighted by Gasteiger charge is 2.17. The Bertz CT molecular complexity index is 1030. The van der Waals surface area contributed by atoms with Gasteiger partial charge in [0.25, 0.3) is 0 Å². The highest BCUT2D eigenvalue weighted by molar-refractivity contribution is 5.70. The van der Waals surface area contributed by atoms with Gasteiger partial charge in [0.1, 0.15) is 6.61 Å². The summed E-state index contributed by atoms with van der Waals surface area (Å²) in [6.07, 6.45) is 57.5. The molecule has 0 rings (SSSR count). The lowest BCUT2D eigenvalue weighted by molar-refractivity contribution is -0.163. The second-order valence-electron chi connectivity index (χ2n) is 14.2. The number of hydrogen-bond donors (Lipinski definition) is 0. The third kappa shape index (κ3) is 41.8. The maximum Gasteiger partial charge on any atom is 0.306 e. The first kappa shape index (κ1) is 51.1. The Balaban J connectivity index is 4.15. The Morgan fingerprint density at radius 1 is 0.426 bits per heavy atom. The first-order chi connectivity index (χ1) is 26.6. The van der Waals surface area contributed by atoms with E-state index in [4.69, 9.17) is 14.2 Å². The normalized spacial score (nSPS) is 13.0. The molecule has 0 amide bonds. The molecule has 54 heavy (non-hydrogen) atoms. The van der Waals surface area contributed by atoms with E-state index >= 15 is 0 Å². The molecule has 0 fully saturated rings. The molecule has 0 spiro atoms. The summed E-state index contributed by atoms with van der Waals surface area (Å²) in [6.45, 7) is 7.45. The molecular weight excluding hydrogens is 669 g/mol. The molecule has 0 aromatic carbocycles. The van der Waals surface area contributed by atoms with Crippen molar-refractivity contribution >= 4 is 11.9 Å². The molecule has 0 aromatic heterocycles. The van der Waals surface area contributed by atoms with E-state index in [9.17, 15) is 9.59 Å². The smallest absolute Gasteiger partial charge is 0.306 e. The van der Waals surface area contributed by atoms with Gasteiger partial charge in [0, 0.05) is 19.4 Å². The number of unbranched alkanes of at least 4 members (excludes halogenated alkanes) is 14. The molecule has 5 nitrogen and oxygen atoms in total. The summed E-state index contributed by atoms with van der Waals surface area (Å²) in [5, 5.41) is 0. The second kappa shape index (κ2) is 44.5. The molecule has 1 atom stereocenters. The Hall–Kier alpha value is -2.92. The largest absolute Gasteiger partial charge is 0.462 e. The lowest BCUT2D eigenvalue weighted by Gasteiger charge is -2.18. The van der Waals surface area contributed by atoms with Crippen LogP contribution in [0.5, 0.6) is 0 Å². The van der Waals surface area contributed by atoms with E-state index < -0.39 is 6.10 Å². The van der Waals surface area contributed by atoms with Crippen LogP contribution in [0.2, 0.25) is 0 Å². The Morgan fingerprint density at radius 2 is 0.833 bits per heavy atom. The number of allylic oxidation sites excluding steroid dienone is 14. The van der Waals surface area contributed by atoms with Gasteiger partial charge in [-0.05, 0) is 89.9 Å². The number of carbonyl (C=O) groups is 2. The van der Waals surface area contributed by atoms with Crippen molar-refractivity contribution in [1.82, 2.24) is 0 Å². The molecule has 0 aliphatic carbocycles. The molecule has 0 aliphatic rings. The maximum atomic E-state index is 12.5. The topological polar surface area (TPSA) is 61.8 Å². The van der Waals surface area contributed by atoms with Crippen molar-refractivity contribution in [3.8, 4) is 0 Å². The van der Waals surface area contributed by atoms with E-state index in [1.807, 2.05) is 0 Å². The minimum absolute atomic E-state index is 0.0642. The molecule has 0 saturated heterocycles. The van der Waals surface area contributed by atoms with Crippen LogP contribution in [0, 0.1) is 0 Å². The minimum Gasteiger partial charge on any atom is -0.462 e. The summed E-state index contributed by atoms with van der Waals surface area (Å²) in [6, 6.07) is 0. The van der Waals surface area contributed by atoms with Crippen LogP contribution in [0.25, 0.3) is 0 Å². The van der Waals surface area contributed by atoms with Gasteiger partial charge >= 0.3 is 11.9 Å². The van der Waals surface area contributed by atoms with E-state index in [0.29, 0.717) is 19.4 Å². The number of carbonyl (C=O) groups excluding carboxylic acids is 2. The third-order valence-corrected chi connectivity index (χ3v) is 8.93. The number of hydrogen-bond acceptors (Lipinski definition) is 5. The molecule has 0 aromatic rings. The van der Waals surface area contributed by atoms with Crippen molar-refractivity contribution in [2.75, 3.05) is 19.8 Å². The SMILES string of the molecule is CC/C=C\C/C=C\C/C=C\C/C=C\CCCCCCCOCC(COC(=O)CCCCCCC/C=C\C/C=C\C/C=C\CC)OC(=O)CCCCCCC. The lowest BCUT2D eigenvalue weighted by atomic mass is 10.1. The Morgan fingerprint density at radius 3 is 1.33 bits per heavy atom. The monoisotopic (exact) mass is 751 g/mol. The van der Waals surface area contributed by atoms with E-state index in [1.54, 1.807) is 0 Å². The molecule has 1 unspecified atom stereocenters. The number of ether oxygens (including phenoxy) is 3. The molecule has 0 heterocycles. The van der Waals surface area contributed by atoms with Crippen LogP contribution in [0.3, 0.4) is 0 Å². The van der Waals surface area contributed by atoms with Gasteiger partial charge in [-0.1, -0.05) is 170 Å². The molecule has 0 radical (unpaired) electrons. The molecule has 0 saturated carbocycles. The van der Waals surface area contributed by atoms with Crippen molar-refractivity contribution in [2.24, 2.45) is 0 Å². The van der Waals surface area contributed by atoms with Crippen molar-refractivity contribution in [3.63, 3.8) is 0 Å². The van der Waals surface area contributed by atoms with Crippen LogP contribution in [0.1, 0.15) is 188 Å². The van der Waals surface area contributed by atoms with Crippen LogP contribution in [-0.2, 0) is 23.8 Å². The predicted octanol–water partition coefficient (Wildman–Crippen LogP) is 14.6. The fourth-order valence-electron chi connectivity index (χ4n) is 5.69. The highest BCUT2D eigenvalue weighted by atomic mass is 16.6. The fourth-order valence-corrected chi connectivity index (χ4v) is 5.69. The average Bonchev–Trinajstić information content (AvgIpc) is 3.17. The van der Waals surface area contributed by atoms with Gasteiger partial charge in [0.2, 0.25) is 0 Å². The zero-order chi connectivity index (χ0) is 39.3. The summed E-state index contributed by atoms with van der Waals surface area (Å²) >= 11 is 0. The molecule has 0 aliphatic heterocycles. The standard InChI is InChI=1S/C49H82O5/c1-4-7-10-13-15-17-19-21-23-24-25-27-29-31-33-35-38-41-44-52-45-47(54-49(51)43-40-36-12-9-6-3)46-53-48(50)42-39-37-34-32-30-28-26-22-20-18-16-14-11-8-5-2/h7-8,10-11,15-18,21-23,25-27,47H,4-6,9,12-14,19-20,24,28-46H2,1-3H3/b10-7-,11-8-,17-15-,18-16-,23-21-,26-22-,27-25-. The first-order valence-electron chi connectivity index (χ1n) is 22.1. The first-order valence-corrected chi connectivity index (χ1v) is 22.1. The van der Waals surface area contributed by atoms with Gasteiger partial charge in [0.15, 0.2) is 6.10 Å². The third-order valence-electron chi connectivity index (χ3n) is 8.93. The molecular formula is C49H82O5. The van der Waals surface area contributed by atoms with Crippen LogP contribution in [-0.4, -0.2) is 37.9 Å². The van der Waals surface area contributed by atoms with E-state index in [0.717, 1.165) is 109 Å². The minimum atomic E-state index is -0.551. The van der Waals surface area contributed by atoms with Crippen molar-refractivity contribution in [3.05, 3.63) is 85.1 Å². The van der Waals surface area contributed by atoms with Crippen molar-refractivity contribution < 1.29 is 23.8 Å². The van der Waals surface area contributed by atoms with Crippen LogP contribution >= 0.6 is 0 Å². The van der Waals surface area contributed by atoms with E-state index in [1.165, 1.54) is 44.9 Å². The van der Waals surface area contributed by atoms with Gasteiger partial charge in [-0.3, -0.25) is 9.59 Å². The van der Waals surface area contributed by atoms with Crippen LogP contribution in [0.15, 0.2) is 85.1 Å². The molecule has 0 N–H and O–H groups in total. The van der Waals surface area contributed by atoms with Gasteiger partial charge in [-0.2, -0.15) is 0 Å². The molecule has 308 valence electrons. The summed E-state index contributed by atoms with van der Waals surface area (Å²) < 4.78 is 17.2. The number of rotatable bonds is 39. The van der Waals surface area contributed by atoms with Gasteiger partial charge in [-0.25, -0.2) is 0 Å². The molecule has 0 bridgehead atoms. The van der Waals surface area contributed by atoms with Gasteiger partial charge < -0.3 is 14.2 Å². The van der Waals surface area contributed by atoms with Gasteiger partial charge in [-0.15, -0.1) is 0 Å². The maximum absolute atomic E-state index is 12.5. The van der Waals surface area contributed by atoms with Crippen molar-refractivity contribution in [2.45, 2.75) is 194 Å². The Kier molecular flexibility index (Phi) is 42.1. The average molecular weight is 751 g/mol. The van der Waals surface area contributed by atoms with E-state index in [2.05, 4.69) is 106 Å². The molecule has 5 heteroatoms. The van der Waals surface area contributed by atoms with E-state index in [-0.39, 0.29) is 25.2 Å². The summed E-state index contributed by atoms with van der Waals surface area (Å²) in [7, 11) is 0. The number of esters is 2. The fraction of sp³-hybridized carbons (Fsp3) is 0.673. The predicted molar refractivity (Wildman–Crippen MR) is 233 cm³/mol. The highest BCUT2D eigenvalue weighted by Crippen LogP contribution is 2.11. The van der Waals surface area contributed by atoms with Crippen molar-refractivity contribution in [1.29, 1.82) is 0 Å². The zero-order valence-corrected chi connectivity index (χ0v) is 35.2. The Labute approximate surface area is 333 Å². The summed E-state index contributed by atoms with van der Waals surface area (Å²) in [4.78, 5) is 25.0. The quantitative estimate of drug-likeness (QED) is 0.0356. The second-order valence-corrected chi connectivity index (χ2v) is 14.2. The summed E-state index contributed by atoms with van der Waals surface area (Å²) in [5.41, 5.74) is 0. The van der Waals surface area contributed by atoms with Crippen LogP contribution in [0.4, 0.5) is 0 Å². The van der Waals surface area contributed by atoms with Crippen LogP contribution < -0.4 is 0 Å². The summed E-state index contributed by atoms with van der Waals surface area (Å²) in [5.74, 6) is -0.447. The zero-order valence-electron chi connectivity index (χ0n) is 35.2.